The molecular formula is C54H112N2. The normalized spacial score (nSPS) is 11.7. The van der Waals surface area contributed by atoms with E-state index in [1.165, 1.54) is 263 Å². The maximum atomic E-state index is 4.07. The Morgan fingerprint density at radius 3 is 0.946 bits per heavy atom. The molecule has 0 aliphatic heterocycles. The molecule has 1 atom stereocenters. The van der Waals surface area contributed by atoms with Crippen LogP contribution in [0.15, 0.2) is 25.3 Å². The summed E-state index contributed by atoms with van der Waals surface area (Å²) in [6.45, 7) is 20.6. The molecule has 0 aromatic carbocycles. The topological polar surface area (TPSA) is 15.3 Å². The third-order valence-electron chi connectivity index (χ3n) is 12.1. The molecule has 0 aliphatic carbocycles. The first kappa shape index (κ1) is 59.7. The van der Waals surface area contributed by atoms with Crippen LogP contribution in [-0.4, -0.2) is 25.6 Å². The van der Waals surface area contributed by atoms with E-state index < -0.39 is 0 Å². The van der Waals surface area contributed by atoms with Gasteiger partial charge in [-0.1, -0.05) is 278 Å². The van der Waals surface area contributed by atoms with Crippen LogP contribution in [0.3, 0.4) is 0 Å². The quantitative estimate of drug-likeness (QED) is 0.0376. The van der Waals surface area contributed by atoms with Crippen LogP contribution in [-0.2, 0) is 0 Å². The Kier molecular flexibility index (Phi) is 60.2. The average molecular weight is 790 g/mol. The van der Waals surface area contributed by atoms with Gasteiger partial charge in [0.05, 0.1) is 0 Å². The molecule has 1 unspecified atom stereocenters. The third kappa shape index (κ3) is 55.5. The summed E-state index contributed by atoms with van der Waals surface area (Å²) in [5, 5.41) is 2.14. The zero-order chi connectivity index (χ0) is 41.8. The van der Waals surface area contributed by atoms with Crippen LogP contribution in [0.2, 0.25) is 0 Å². The van der Waals surface area contributed by atoms with E-state index in [0.717, 1.165) is 11.8 Å². The maximum absolute atomic E-state index is 4.07. The monoisotopic (exact) mass is 789 g/mol. The lowest BCUT2D eigenvalue weighted by atomic mass is 9.92. The molecule has 0 heterocycles. The smallest absolute Gasteiger partial charge is 0.0127 e. The molecule has 56 heavy (non-hydrogen) atoms. The van der Waals surface area contributed by atoms with E-state index in [-0.39, 0.29) is 0 Å². The minimum atomic E-state index is 0.786. The minimum absolute atomic E-state index is 0.786. The summed E-state index contributed by atoms with van der Waals surface area (Å²) in [5.74, 6) is 1.71. The van der Waals surface area contributed by atoms with E-state index in [2.05, 4.69) is 77.4 Å². The molecule has 0 saturated heterocycles. The molecule has 0 fully saturated rings. The zero-order valence-corrected chi connectivity index (χ0v) is 40.7. The van der Waals surface area contributed by atoms with Crippen molar-refractivity contribution in [3.63, 3.8) is 0 Å². The highest BCUT2D eigenvalue weighted by molar-refractivity contribution is 4.78. The van der Waals surface area contributed by atoms with E-state index in [1.54, 1.807) is 0 Å². The molecule has 0 amide bonds. The molecule has 0 aliphatic rings. The highest BCUT2D eigenvalue weighted by atomic mass is 15.5. The largest absolute Gasteiger partial charge is 0.259 e. The van der Waals surface area contributed by atoms with E-state index in [0.29, 0.717) is 0 Å². The molecule has 2 nitrogen and oxygen atoms in total. The second kappa shape index (κ2) is 56.5. The molecule has 0 bridgehead atoms. The van der Waals surface area contributed by atoms with Gasteiger partial charge in [-0.3, -0.25) is 5.43 Å². The van der Waals surface area contributed by atoms with Gasteiger partial charge in [0.2, 0.25) is 0 Å². The van der Waals surface area contributed by atoms with Crippen LogP contribution in [0.25, 0.3) is 0 Å². The Labute approximate surface area is 358 Å². The summed E-state index contributed by atoms with van der Waals surface area (Å²) in [6.07, 6.45) is 61.1. The summed E-state index contributed by atoms with van der Waals surface area (Å²) in [5.41, 5.74) is 3.11. The van der Waals surface area contributed by atoms with Crippen molar-refractivity contribution in [3.05, 3.63) is 25.3 Å². The van der Waals surface area contributed by atoms with Crippen LogP contribution >= 0.6 is 0 Å². The Morgan fingerprint density at radius 2 is 0.661 bits per heavy atom. The fourth-order valence-electron chi connectivity index (χ4n) is 7.92. The SMILES string of the molecule is C=CC(CCCCCCCC)CCCCCCCCCCCCCCCC.C=CCC(CCCCCC)CCCCCC.CCCCCCCCCN(C)NC. The first-order valence-corrected chi connectivity index (χ1v) is 26.1. The van der Waals surface area contributed by atoms with Gasteiger partial charge in [-0.15, -0.1) is 13.2 Å². The summed E-state index contributed by atoms with van der Waals surface area (Å²) >= 11 is 0. The fraction of sp³-hybridized carbons (Fsp3) is 0.926. The summed E-state index contributed by atoms with van der Waals surface area (Å²) < 4.78 is 0. The Bertz CT molecular complexity index is 661. The minimum Gasteiger partial charge on any atom is -0.259 e. The Hall–Kier alpha value is -0.600. The lowest BCUT2D eigenvalue weighted by Gasteiger charge is -2.14. The summed E-state index contributed by atoms with van der Waals surface area (Å²) in [6, 6.07) is 0. The summed E-state index contributed by atoms with van der Waals surface area (Å²) in [4.78, 5) is 0. The predicted molar refractivity (Wildman–Crippen MR) is 262 cm³/mol. The van der Waals surface area contributed by atoms with Crippen molar-refractivity contribution < 1.29 is 0 Å². The van der Waals surface area contributed by atoms with Crippen molar-refractivity contribution in [1.29, 1.82) is 0 Å². The van der Waals surface area contributed by atoms with Crippen LogP contribution in [0, 0.1) is 11.8 Å². The highest BCUT2D eigenvalue weighted by Gasteiger charge is 2.07. The van der Waals surface area contributed by atoms with Gasteiger partial charge in [-0.25, -0.2) is 5.01 Å². The van der Waals surface area contributed by atoms with Crippen molar-refractivity contribution in [1.82, 2.24) is 10.4 Å². The van der Waals surface area contributed by atoms with Crippen molar-refractivity contribution >= 4 is 0 Å². The van der Waals surface area contributed by atoms with Crippen LogP contribution in [0.5, 0.6) is 0 Å². The number of nitrogens with one attached hydrogen (secondary N) is 1. The second-order valence-corrected chi connectivity index (χ2v) is 17.8. The molecule has 0 radical (unpaired) electrons. The van der Waals surface area contributed by atoms with Crippen molar-refractivity contribution in [2.75, 3.05) is 20.6 Å². The van der Waals surface area contributed by atoms with Crippen molar-refractivity contribution in [2.45, 2.75) is 291 Å². The first-order chi connectivity index (χ1) is 27.5. The van der Waals surface area contributed by atoms with Gasteiger partial charge in [-0.05, 0) is 44.6 Å². The standard InChI is InChI=1S/C27H54.C16H32.C11H26N2/c1-4-7-9-11-13-14-15-16-17-18-19-20-22-24-26-27(6-3)25-23-21-12-10-8-5-2;1-4-7-9-11-14-16(13-6-3)15-12-10-8-5-2;1-4-5-6-7-8-9-10-11-13(3)12-2/h6,27H,3-5,7-26H2,1-2H3;6,16H,3-5,7-15H2,1-2H3;12H,4-11H2,1-3H3. The van der Waals surface area contributed by atoms with Crippen LogP contribution in [0.4, 0.5) is 0 Å². The fourth-order valence-corrected chi connectivity index (χ4v) is 7.92. The lowest BCUT2D eigenvalue weighted by molar-refractivity contribution is 0.254. The molecule has 338 valence electrons. The van der Waals surface area contributed by atoms with Gasteiger partial charge in [0.1, 0.15) is 0 Å². The zero-order valence-electron chi connectivity index (χ0n) is 40.7. The molecule has 0 saturated carbocycles. The molecule has 1 N–H and O–H groups in total. The Balaban J connectivity index is -0.000000822. The lowest BCUT2D eigenvalue weighted by Crippen LogP contribution is -2.31. The van der Waals surface area contributed by atoms with Crippen LogP contribution < -0.4 is 5.43 Å². The van der Waals surface area contributed by atoms with Gasteiger partial charge < -0.3 is 0 Å². The number of hydrogen-bond donors (Lipinski definition) is 1. The van der Waals surface area contributed by atoms with Gasteiger partial charge in [-0.2, -0.15) is 0 Å². The molecular weight excluding hydrogens is 677 g/mol. The number of nitrogens with zero attached hydrogens (tertiary/aromatic N) is 1. The molecule has 0 aromatic rings. The number of allylic oxidation sites excluding steroid dienone is 2. The molecule has 2 heteroatoms. The van der Waals surface area contributed by atoms with Crippen molar-refractivity contribution in [2.24, 2.45) is 11.8 Å². The molecule has 0 spiro atoms. The Morgan fingerprint density at radius 1 is 0.393 bits per heavy atom. The molecule has 0 aromatic heterocycles. The maximum Gasteiger partial charge on any atom is 0.0127 e. The number of rotatable bonds is 44. The van der Waals surface area contributed by atoms with Gasteiger partial charge in [0, 0.05) is 13.6 Å². The third-order valence-corrected chi connectivity index (χ3v) is 12.1. The number of hydrogen-bond acceptors (Lipinski definition) is 2. The van der Waals surface area contributed by atoms with Crippen LogP contribution in [0.1, 0.15) is 291 Å². The second-order valence-electron chi connectivity index (χ2n) is 17.8. The number of hydrazine groups is 1. The average Bonchev–Trinajstić information content (AvgIpc) is 3.21. The highest BCUT2D eigenvalue weighted by Crippen LogP contribution is 2.22. The van der Waals surface area contributed by atoms with E-state index in [4.69, 9.17) is 0 Å². The van der Waals surface area contributed by atoms with E-state index in [9.17, 15) is 0 Å². The van der Waals surface area contributed by atoms with Gasteiger partial charge >= 0.3 is 0 Å². The van der Waals surface area contributed by atoms with E-state index >= 15 is 0 Å². The predicted octanol–water partition coefficient (Wildman–Crippen LogP) is 19.3. The first-order valence-electron chi connectivity index (χ1n) is 26.1. The van der Waals surface area contributed by atoms with E-state index in [1.807, 2.05) is 7.05 Å². The molecule has 0 rings (SSSR count). The van der Waals surface area contributed by atoms with Crippen molar-refractivity contribution in [3.8, 4) is 0 Å². The van der Waals surface area contributed by atoms with Gasteiger partial charge in [0.15, 0.2) is 0 Å². The number of unbranched alkanes of at least 4 members (excludes halogenated alkanes) is 30. The van der Waals surface area contributed by atoms with Gasteiger partial charge in [0.25, 0.3) is 0 Å². The summed E-state index contributed by atoms with van der Waals surface area (Å²) in [7, 11) is 4.07.